The number of hydrogen-bond donors (Lipinski definition) is 2. The first-order chi connectivity index (χ1) is 11.9. The maximum absolute atomic E-state index is 13.7. The Morgan fingerprint density at radius 2 is 2.08 bits per heavy atom. The number of ketones is 1. The number of aromatic amines is 1. The minimum absolute atomic E-state index is 0.00755. The molecule has 0 radical (unpaired) electrons. The van der Waals surface area contributed by atoms with Crippen LogP contribution in [0.3, 0.4) is 0 Å². The Hall–Kier alpha value is -2.21. The average molecular weight is 405 g/mol. The van der Waals surface area contributed by atoms with Gasteiger partial charge >= 0.3 is 0 Å². The summed E-state index contributed by atoms with van der Waals surface area (Å²) in [5.41, 5.74) is 2.87. The first kappa shape index (κ1) is 17.6. The molecule has 1 aromatic heterocycles. The predicted octanol–water partition coefficient (Wildman–Crippen LogP) is 4.48. The Morgan fingerprint density at radius 1 is 1.32 bits per heavy atom. The van der Waals surface area contributed by atoms with Crippen LogP contribution in [0.4, 0.5) is 10.1 Å². The monoisotopic (exact) mass is 404 g/mol. The SMILES string of the molecule is CCCC(=O)C1=C(C)Nc2cc[nH]c(=O)c2C1c1ccc(F)c(Br)c1. The lowest BCUT2D eigenvalue weighted by Crippen LogP contribution is -2.29. The Kier molecular flexibility index (Phi) is 4.90. The molecule has 1 aliphatic heterocycles. The fourth-order valence-corrected chi connectivity index (χ4v) is 3.67. The van der Waals surface area contributed by atoms with Gasteiger partial charge in [-0.3, -0.25) is 9.59 Å². The number of pyridine rings is 1. The van der Waals surface area contributed by atoms with Crippen LogP contribution >= 0.6 is 15.9 Å². The summed E-state index contributed by atoms with van der Waals surface area (Å²) >= 11 is 3.20. The second kappa shape index (κ2) is 6.96. The van der Waals surface area contributed by atoms with E-state index in [-0.39, 0.29) is 17.2 Å². The lowest BCUT2D eigenvalue weighted by molar-refractivity contribution is -0.115. The number of H-pyrrole nitrogens is 1. The molecule has 0 aliphatic carbocycles. The number of fused-ring (bicyclic) bond motifs is 1. The van der Waals surface area contributed by atoms with Crippen LogP contribution in [0.25, 0.3) is 0 Å². The molecular weight excluding hydrogens is 387 g/mol. The van der Waals surface area contributed by atoms with Gasteiger partial charge in [0.15, 0.2) is 5.78 Å². The Labute approximate surface area is 153 Å². The summed E-state index contributed by atoms with van der Waals surface area (Å²) in [7, 11) is 0. The number of halogens is 2. The largest absolute Gasteiger partial charge is 0.358 e. The molecule has 2 N–H and O–H groups in total. The topological polar surface area (TPSA) is 62.0 Å². The van der Waals surface area contributed by atoms with Crippen molar-refractivity contribution in [2.24, 2.45) is 0 Å². The number of carbonyl (C=O) groups is 1. The molecule has 0 spiro atoms. The summed E-state index contributed by atoms with van der Waals surface area (Å²) in [6, 6.07) is 6.37. The number of allylic oxidation sites excluding steroid dienone is 2. The maximum Gasteiger partial charge on any atom is 0.254 e. The van der Waals surface area contributed by atoms with Gasteiger partial charge in [0.25, 0.3) is 5.56 Å². The molecule has 3 rings (SSSR count). The number of benzene rings is 1. The number of Topliss-reactive ketones (excluding diaryl/α,β-unsaturated/α-hetero) is 1. The van der Waals surface area contributed by atoms with Crippen molar-refractivity contribution >= 4 is 27.4 Å². The van der Waals surface area contributed by atoms with E-state index in [2.05, 4.69) is 26.2 Å². The summed E-state index contributed by atoms with van der Waals surface area (Å²) in [5.74, 6) is -0.925. The van der Waals surface area contributed by atoms with Crippen LogP contribution in [-0.4, -0.2) is 10.8 Å². The van der Waals surface area contributed by atoms with Gasteiger partial charge in [-0.05, 0) is 53.0 Å². The van der Waals surface area contributed by atoms with Gasteiger partial charge in [-0.1, -0.05) is 13.0 Å². The van der Waals surface area contributed by atoms with E-state index in [1.165, 1.54) is 6.07 Å². The molecule has 2 heterocycles. The molecule has 0 bridgehead atoms. The lowest BCUT2D eigenvalue weighted by atomic mass is 9.79. The fourth-order valence-electron chi connectivity index (χ4n) is 3.27. The minimum Gasteiger partial charge on any atom is -0.358 e. The van der Waals surface area contributed by atoms with Crippen LogP contribution in [0.15, 0.2) is 51.0 Å². The summed E-state index contributed by atoms with van der Waals surface area (Å²) in [4.78, 5) is 28.0. The first-order valence-corrected chi connectivity index (χ1v) is 8.90. The van der Waals surface area contributed by atoms with E-state index in [0.29, 0.717) is 39.7 Å². The summed E-state index contributed by atoms with van der Waals surface area (Å²) in [5, 5.41) is 3.17. The second-order valence-electron chi connectivity index (χ2n) is 6.08. The van der Waals surface area contributed by atoms with Gasteiger partial charge in [-0.2, -0.15) is 0 Å². The van der Waals surface area contributed by atoms with Gasteiger partial charge in [-0.25, -0.2) is 4.39 Å². The minimum atomic E-state index is -0.530. The molecule has 1 unspecified atom stereocenters. The van der Waals surface area contributed by atoms with E-state index < -0.39 is 5.92 Å². The van der Waals surface area contributed by atoms with Gasteiger partial charge in [0.05, 0.1) is 10.0 Å². The van der Waals surface area contributed by atoms with Crippen molar-refractivity contribution in [2.75, 3.05) is 5.32 Å². The highest BCUT2D eigenvalue weighted by Crippen LogP contribution is 2.41. The Bertz CT molecular complexity index is 933. The van der Waals surface area contributed by atoms with Crippen molar-refractivity contribution in [3.63, 3.8) is 0 Å². The van der Waals surface area contributed by atoms with E-state index in [1.807, 2.05) is 13.8 Å². The van der Waals surface area contributed by atoms with E-state index >= 15 is 0 Å². The van der Waals surface area contributed by atoms with Gasteiger partial charge < -0.3 is 10.3 Å². The smallest absolute Gasteiger partial charge is 0.254 e. The van der Waals surface area contributed by atoms with Crippen LogP contribution in [0.5, 0.6) is 0 Å². The molecule has 1 aliphatic rings. The number of rotatable bonds is 4. The third kappa shape index (κ3) is 3.18. The highest BCUT2D eigenvalue weighted by atomic mass is 79.9. The standard InChI is InChI=1S/C19H18BrFN2O2/c1-3-4-15(24)16-10(2)23-14-7-8-22-19(25)18(14)17(16)11-5-6-13(21)12(20)9-11/h5-9,17,23H,3-4H2,1-2H3,(H,22,25). The molecular formula is C19H18BrFN2O2. The number of carbonyl (C=O) groups excluding carboxylic acids is 1. The molecule has 0 saturated heterocycles. The number of nitrogens with one attached hydrogen (secondary N) is 2. The molecule has 0 fully saturated rings. The van der Waals surface area contributed by atoms with Crippen molar-refractivity contribution in [3.05, 3.63) is 73.5 Å². The number of hydrogen-bond acceptors (Lipinski definition) is 3. The highest BCUT2D eigenvalue weighted by molar-refractivity contribution is 9.10. The van der Waals surface area contributed by atoms with Crippen molar-refractivity contribution in [1.29, 1.82) is 0 Å². The van der Waals surface area contributed by atoms with Crippen LogP contribution in [0.2, 0.25) is 0 Å². The van der Waals surface area contributed by atoms with Gasteiger partial charge in [-0.15, -0.1) is 0 Å². The third-order valence-corrected chi connectivity index (χ3v) is 4.96. The van der Waals surface area contributed by atoms with E-state index in [1.54, 1.807) is 24.4 Å². The van der Waals surface area contributed by atoms with Gasteiger partial charge in [0.2, 0.25) is 0 Å². The molecule has 2 aromatic rings. The summed E-state index contributed by atoms with van der Waals surface area (Å²) in [6.45, 7) is 3.77. The molecule has 0 amide bonds. The molecule has 1 aromatic carbocycles. The summed E-state index contributed by atoms with van der Waals surface area (Å²) in [6.07, 6.45) is 2.68. The third-order valence-electron chi connectivity index (χ3n) is 4.36. The quantitative estimate of drug-likeness (QED) is 0.789. The number of aromatic nitrogens is 1. The Balaban J connectivity index is 2.26. The van der Waals surface area contributed by atoms with Crippen molar-refractivity contribution in [2.45, 2.75) is 32.6 Å². The van der Waals surface area contributed by atoms with Crippen LogP contribution in [0.1, 0.15) is 43.7 Å². The zero-order valence-corrected chi connectivity index (χ0v) is 15.5. The maximum atomic E-state index is 13.7. The fraction of sp³-hybridized carbons (Fsp3) is 0.263. The Morgan fingerprint density at radius 3 is 2.76 bits per heavy atom. The molecule has 25 heavy (non-hydrogen) atoms. The normalized spacial score (nSPS) is 16.4. The molecule has 130 valence electrons. The summed E-state index contributed by atoms with van der Waals surface area (Å²) < 4.78 is 14.0. The van der Waals surface area contributed by atoms with Crippen molar-refractivity contribution < 1.29 is 9.18 Å². The first-order valence-electron chi connectivity index (χ1n) is 8.11. The predicted molar refractivity (Wildman–Crippen MR) is 99.2 cm³/mol. The van der Waals surface area contributed by atoms with Crippen molar-refractivity contribution in [3.8, 4) is 0 Å². The molecule has 1 atom stereocenters. The lowest BCUT2D eigenvalue weighted by Gasteiger charge is -2.30. The van der Waals surface area contributed by atoms with Gasteiger partial charge in [0.1, 0.15) is 5.82 Å². The highest BCUT2D eigenvalue weighted by Gasteiger charge is 2.33. The van der Waals surface area contributed by atoms with Crippen LogP contribution in [-0.2, 0) is 4.79 Å². The van der Waals surface area contributed by atoms with Crippen LogP contribution in [0, 0.1) is 5.82 Å². The zero-order chi connectivity index (χ0) is 18.1. The van der Waals surface area contributed by atoms with Crippen LogP contribution < -0.4 is 10.9 Å². The molecule has 4 nitrogen and oxygen atoms in total. The molecule has 0 saturated carbocycles. The second-order valence-corrected chi connectivity index (χ2v) is 6.93. The molecule has 6 heteroatoms. The van der Waals surface area contributed by atoms with E-state index in [4.69, 9.17) is 0 Å². The average Bonchev–Trinajstić information content (AvgIpc) is 2.56. The zero-order valence-electron chi connectivity index (χ0n) is 14.0. The van der Waals surface area contributed by atoms with Gasteiger partial charge in [0, 0.05) is 35.5 Å². The number of anilines is 1. The van der Waals surface area contributed by atoms with E-state index in [9.17, 15) is 14.0 Å². The van der Waals surface area contributed by atoms with E-state index in [0.717, 1.165) is 5.70 Å². The van der Waals surface area contributed by atoms with Crippen molar-refractivity contribution in [1.82, 2.24) is 4.98 Å².